The maximum Gasteiger partial charge on any atom is 0.217 e. The number of amides is 1. The molecule has 0 bridgehead atoms. The minimum absolute atomic E-state index is 0.393. The lowest BCUT2D eigenvalue weighted by atomic mass is 10.2. The average molecular weight is 144 g/mol. The highest BCUT2D eigenvalue weighted by Crippen LogP contribution is 1.91. The zero-order valence-electron chi connectivity index (χ0n) is 7.33. The van der Waals surface area contributed by atoms with E-state index in [0.717, 1.165) is 11.7 Å². The zero-order valence-corrected chi connectivity index (χ0v) is 6.33. The molecule has 0 saturated carbocycles. The lowest BCUT2D eigenvalue weighted by Gasteiger charge is -2.07. The molecule has 0 aromatic carbocycles. The van der Waals surface area contributed by atoms with Crippen molar-refractivity contribution in [3.63, 3.8) is 0 Å². The molecule has 0 rings (SSSR count). The molecule has 0 spiro atoms. The first-order chi connectivity index (χ1) is 5.13. The SMILES string of the molecule is [2H]N(C(C)=O)C(C=O)CCC. The number of nitrogens with one attached hydrogen (secondary N) is 1. The molecule has 0 aliphatic heterocycles. The second kappa shape index (κ2) is 4.97. The molecule has 1 amide bonds. The predicted octanol–water partition coefficient (Wildman–Crippen LogP) is 0.490. The van der Waals surface area contributed by atoms with Gasteiger partial charge in [-0.3, -0.25) is 4.79 Å². The van der Waals surface area contributed by atoms with Gasteiger partial charge in [-0.1, -0.05) is 13.3 Å². The standard InChI is InChI=1S/C7H13NO2/c1-3-4-7(5-9)8-6(2)10/h5,7H,3-4H2,1-2H3,(H,8,10)/i/hD. The molecule has 0 radical (unpaired) electrons. The van der Waals surface area contributed by atoms with Crippen molar-refractivity contribution in [3.8, 4) is 0 Å². The Kier molecular flexibility index (Phi) is 3.60. The van der Waals surface area contributed by atoms with Crippen molar-refractivity contribution >= 4 is 12.2 Å². The van der Waals surface area contributed by atoms with Crippen LogP contribution in [0.4, 0.5) is 0 Å². The van der Waals surface area contributed by atoms with Gasteiger partial charge in [0.2, 0.25) is 5.91 Å². The summed E-state index contributed by atoms with van der Waals surface area (Å²) in [5.74, 6) is -0.393. The molecule has 0 aromatic rings. The van der Waals surface area contributed by atoms with Crippen LogP contribution < -0.4 is 5.31 Å². The fourth-order valence-corrected chi connectivity index (χ4v) is 0.692. The molecule has 0 aromatic heterocycles. The van der Waals surface area contributed by atoms with Crippen molar-refractivity contribution < 1.29 is 11.0 Å². The van der Waals surface area contributed by atoms with E-state index in [9.17, 15) is 9.59 Å². The normalized spacial score (nSPS) is 13.6. The molecule has 0 aliphatic carbocycles. The Bertz CT molecular complexity index is 149. The van der Waals surface area contributed by atoms with Crippen molar-refractivity contribution in [2.45, 2.75) is 32.7 Å². The maximum atomic E-state index is 10.6. The summed E-state index contributed by atoms with van der Waals surface area (Å²) < 4.78 is 7.14. The van der Waals surface area contributed by atoms with Crippen LogP contribution in [0, 0.1) is 0 Å². The Hall–Kier alpha value is -0.860. The lowest BCUT2D eigenvalue weighted by molar-refractivity contribution is -0.122. The molecular weight excluding hydrogens is 130 g/mol. The molecule has 0 saturated heterocycles. The van der Waals surface area contributed by atoms with E-state index in [1.807, 2.05) is 6.92 Å². The molecule has 10 heavy (non-hydrogen) atoms. The Labute approximate surface area is 62.3 Å². The molecular formula is C7H13NO2. The van der Waals surface area contributed by atoms with Crippen LogP contribution in [-0.4, -0.2) is 18.2 Å². The van der Waals surface area contributed by atoms with E-state index in [4.69, 9.17) is 1.41 Å². The minimum atomic E-state index is -0.572. The molecule has 58 valence electrons. The highest BCUT2D eigenvalue weighted by atomic mass is 16.2. The molecule has 3 heteroatoms. The van der Waals surface area contributed by atoms with E-state index in [-0.39, 0.29) is 0 Å². The van der Waals surface area contributed by atoms with Gasteiger partial charge in [-0.2, -0.15) is 0 Å². The molecule has 3 nitrogen and oxygen atoms in total. The lowest BCUT2D eigenvalue weighted by Crippen LogP contribution is -2.33. The van der Waals surface area contributed by atoms with Gasteiger partial charge in [0.25, 0.3) is 0 Å². The third kappa shape index (κ3) is 4.06. The molecule has 0 heterocycles. The van der Waals surface area contributed by atoms with Gasteiger partial charge in [-0.15, -0.1) is 0 Å². The number of hydrogen-bond acceptors (Lipinski definition) is 2. The van der Waals surface area contributed by atoms with Crippen molar-refractivity contribution in [3.05, 3.63) is 0 Å². The quantitative estimate of drug-likeness (QED) is 0.584. The third-order valence-corrected chi connectivity index (χ3v) is 1.09. The predicted molar refractivity (Wildman–Crippen MR) is 38.6 cm³/mol. The van der Waals surface area contributed by atoms with E-state index in [0.29, 0.717) is 12.7 Å². The zero-order chi connectivity index (χ0) is 8.85. The molecule has 0 aliphatic rings. The van der Waals surface area contributed by atoms with Crippen LogP contribution in [0.1, 0.15) is 26.7 Å². The van der Waals surface area contributed by atoms with Crippen LogP contribution in [0.5, 0.6) is 0 Å². The highest BCUT2D eigenvalue weighted by molar-refractivity contribution is 5.77. The van der Waals surface area contributed by atoms with E-state index < -0.39 is 11.9 Å². The summed E-state index contributed by atoms with van der Waals surface area (Å²) >= 11 is 0. The van der Waals surface area contributed by atoms with Crippen molar-refractivity contribution in [1.82, 2.24) is 5.31 Å². The van der Waals surface area contributed by atoms with Gasteiger partial charge in [0.05, 0.1) is 6.04 Å². The van der Waals surface area contributed by atoms with Crippen LogP contribution >= 0.6 is 0 Å². The number of carbonyl (C=O) groups is 2. The second-order valence-corrected chi connectivity index (χ2v) is 2.14. The van der Waals surface area contributed by atoms with Crippen molar-refractivity contribution in [2.24, 2.45) is 0 Å². The van der Waals surface area contributed by atoms with Crippen LogP contribution in [0.3, 0.4) is 0 Å². The third-order valence-electron chi connectivity index (χ3n) is 1.09. The summed E-state index contributed by atoms with van der Waals surface area (Å²) in [7, 11) is 0. The van der Waals surface area contributed by atoms with Crippen molar-refractivity contribution in [2.75, 3.05) is 0 Å². The summed E-state index contributed by atoms with van der Waals surface area (Å²) in [5.41, 5.74) is 0. The minimum Gasteiger partial charge on any atom is -0.347 e. The highest BCUT2D eigenvalue weighted by Gasteiger charge is 2.04. The van der Waals surface area contributed by atoms with Crippen LogP contribution in [0.25, 0.3) is 0 Å². The smallest absolute Gasteiger partial charge is 0.217 e. The first-order valence-electron chi connectivity index (χ1n) is 3.82. The molecule has 1 atom stereocenters. The molecule has 1 N–H and O–H groups in total. The summed E-state index contributed by atoms with van der Waals surface area (Å²) in [6, 6.07) is -0.572. The van der Waals surface area contributed by atoms with Crippen LogP contribution in [-0.2, 0) is 9.59 Å². The average Bonchev–Trinajstić information content (AvgIpc) is 1.98. The van der Waals surface area contributed by atoms with Gasteiger partial charge in [-0.05, 0) is 6.42 Å². The van der Waals surface area contributed by atoms with E-state index >= 15 is 0 Å². The molecule has 0 fully saturated rings. The van der Waals surface area contributed by atoms with Crippen molar-refractivity contribution in [1.29, 1.82) is 0 Å². The monoisotopic (exact) mass is 144 g/mol. The first kappa shape index (κ1) is 7.25. The van der Waals surface area contributed by atoms with E-state index in [1.54, 1.807) is 0 Å². The number of aldehydes is 1. The summed E-state index contributed by atoms with van der Waals surface area (Å²) in [4.78, 5) is 20.9. The van der Waals surface area contributed by atoms with Gasteiger partial charge >= 0.3 is 0 Å². The summed E-state index contributed by atoms with van der Waals surface area (Å²) in [6.07, 6.45) is 2.00. The second-order valence-electron chi connectivity index (χ2n) is 2.14. The summed E-state index contributed by atoms with van der Waals surface area (Å²) in [6.45, 7) is 3.18. The number of carbonyl (C=O) groups excluding carboxylic acids is 2. The number of hydrogen-bond donors (Lipinski definition) is 1. The Morgan fingerprint density at radius 2 is 2.50 bits per heavy atom. The Balaban J connectivity index is 4.01. The van der Waals surface area contributed by atoms with E-state index in [2.05, 4.69) is 0 Å². The van der Waals surface area contributed by atoms with E-state index in [1.165, 1.54) is 6.92 Å². The van der Waals surface area contributed by atoms with Gasteiger partial charge in [-0.25, -0.2) is 0 Å². The van der Waals surface area contributed by atoms with Gasteiger partial charge in [0, 0.05) is 6.92 Å². The first-order valence-corrected chi connectivity index (χ1v) is 3.37. The van der Waals surface area contributed by atoms with Gasteiger partial charge in [0.15, 0.2) is 1.41 Å². The van der Waals surface area contributed by atoms with Crippen LogP contribution in [0.15, 0.2) is 0 Å². The molecule has 1 unspecified atom stereocenters. The van der Waals surface area contributed by atoms with Gasteiger partial charge in [0.1, 0.15) is 6.29 Å². The summed E-state index contributed by atoms with van der Waals surface area (Å²) in [5, 5.41) is 0.719. The Morgan fingerprint density at radius 1 is 1.90 bits per heavy atom. The topological polar surface area (TPSA) is 46.2 Å². The van der Waals surface area contributed by atoms with Crippen LogP contribution in [0.2, 0.25) is 1.41 Å². The largest absolute Gasteiger partial charge is 0.347 e. The fraction of sp³-hybridized carbons (Fsp3) is 0.714. The fourth-order valence-electron chi connectivity index (χ4n) is 0.692. The maximum absolute atomic E-state index is 10.6. The number of rotatable bonds is 4. The van der Waals surface area contributed by atoms with Gasteiger partial charge < -0.3 is 10.1 Å². The Morgan fingerprint density at radius 3 is 2.80 bits per heavy atom.